The quantitative estimate of drug-likeness (QED) is 0.281. The molecule has 4 aromatic carbocycles. The van der Waals surface area contributed by atoms with Crippen molar-refractivity contribution in [2.45, 2.75) is 19.8 Å². The maximum Gasteiger partial charge on any atom is 0.262 e. The van der Waals surface area contributed by atoms with Crippen molar-refractivity contribution in [2.75, 3.05) is 6.54 Å². The molecule has 3 nitrogen and oxygen atoms in total. The van der Waals surface area contributed by atoms with Crippen molar-refractivity contribution in [3.05, 3.63) is 70.2 Å². The van der Waals surface area contributed by atoms with Gasteiger partial charge in [-0.05, 0) is 55.3 Å². The standard InChI is InChI=1S/C24H18BrNO2/c1-2-3-12-26-23(27)20-15-9-5-4-8-14(15)13-18-19(20)21(24(26)28)16-10-6-7-11-17(16)22(18)25/h4-11,13H,2-3,12H2,1H3. The Balaban J connectivity index is 2.02. The van der Waals surface area contributed by atoms with E-state index < -0.39 is 0 Å². The van der Waals surface area contributed by atoms with Crippen LogP contribution in [0.3, 0.4) is 0 Å². The topological polar surface area (TPSA) is 37.4 Å². The summed E-state index contributed by atoms with van der Waals surface area (Å²) in [5.74, 6) is -0.370. The fraction of sp³-hybridized carbons (Fsp3) is 0.167. The van der Waals surface area contributed by atoms with E-state index in [2.05, 4.69) is 28.9 Å². The van der Waals surface area contributed by atoms with Gasteiger partial charge in [0.1, 0.15) is 0 Å². The summed E-state index contributed by atoms with van der Waals surface area (Å²) in [4.78, 5) is 28.4. The highest BCUT2D eigenvalue weighted by atomic mass is 79.9. The molecular formula is C24H18BrNO2. The molecule has 0 aromatic heterocycles. The lowest BCUT2D eigenvalue weighted by Gasteiger charge is -2.29. The van der Waals surface area contributed by atoms with Crippen LogP contribution in [0.1, 0.15) is 40.5 Å². The zero-order chi connectivity index (χ0) is 19.4. The highest BCUT2D eigenvalue weighted by Gasteiger charge is 2.36. The summed E-state index contributed by atoms with van der Waals surface area (Å²) >= 11 is 3.75. The van der Waals surface area contributed by atoms with E-state index in [1.165, 1.54) is 4.90 Å². The molecule has 138 valence electrons. The Bertz CT molecular complexity index is 1290. The van der Waals surface area contributed by atoms with Crippen molar-refractivity contribution in [3.8, 4) is 0 Å². The van der Waals surface area contributed by atoms with Crippen molar-refractivity contribution >= 4 is 60.1 Å². The number of nitrogens with zero attached hydrogens (tertiary/aromatic N) is 1. The van der Waals surface area contributed by atoms with Gasteiger partial charge in [0.15, 0.2) is 0 Å². The summed E-state index contributed by atoms with van der Waals surface area (Å²) in [6.45, 7) is 2.51. The zero-order valence-corrected chi connectivity index (χ0v) is 17.0. The second kappa shape index (κ2) is 6.42. The Hall–Kier alpha value is -2.72. The van der Waals surface area contributed by atoms with E-state index >= 15 is 0 Å². The third-order valence-corrected chi connectivity index (χ3v) is 6.48. The summed E-state index contributed by atoms with van der Waals surface area (Å²) in [5, 5.41) is 5.47. The first-order chi connectivity index (χ1) is 13.6. The van der Waals surface area contributed by atoms with Gasteiger partial charge < -0.3 is 0 Å². The lowest BCUT2D eigenvalue weighted by Crippen LogP contribution is -2.41. The van der Waals surface area contributed by atoms with Gasteiger partial charge in [-0.1, -0.05) is 61.9 Å². The van der Waals surface area contributed by atoms with Crippen molar-refractivity contribution in [1.82, 2.24) is 4.90 Å². The number of halogens is 1. The third-order valence-electron chi connectivity index (χ3n) is 5.62. The van der Waals surface area contributed by atoms with Gasteiger partial charge >= 0.3 is 0 Å². The molecule has 0 atom stereocenters. The lowest BCUT2D eigenvalue weighted by atomic mass is 9.86. The molecule has 0 fully saturated rings. The number of benzene rings is 4. The maximum atomic E-state index is 13.5. The molecule has 5 rings (SSSR count). The van der Waals surface area contributed by atoms with Gasteiger partial charge in [-0.15, -0.1) is 0 Å². The highest BCUT2D eigenvalue weighted by Crippen LogP contribution is 2.43. The van der Waals surface area contributed by atoms with Gasteiger partial charge in [0.25, 0.3) is 11.8 Å². The second-order valence-electron chi connectivity index (χ2n) is 7.25. The molecule has 4 aromatic rings. The Morgan fingerprint density at radius 1 is 0.821 bits per heavy atom. The Kier molecular flexibility index (Phi) is 3.98. The molecule has 2 amide bonds. The predicted molar refractivity (Wildman–Crippen MR) is 117 cm³/mol. The van der Waals surface area contributed by atoms with Gasteiger partial charge in [-0.2, -0.15) is 0 Å². The lowest BCUT2D eigenvalue weighted by molar-refractivity contribution is 0.0611. The van der Waals surface area contributed by atoms with Gasteiger partial charge in [0, 0.05) is 16.4 Å². The Labute approximate surface area is 171 Å². The van der Waals surface area contributed by atoms with Crippen LogP contribution in [0.4, 0.5) is 0 Å². The number of imide groups is 1. The van der Waals surface area contributed by atoms with Crippen LogP contribution in [0, 0.1) is 0 Å². The van der Waals surface area contributed by atoms with Crippen LogP contribution in [-0.2, 0) is 0 Å². The molecule has 1 aliphatic rings. The number of rotatable bonds is 3. The van der Waals surface area contributed by atoms with Gasteiger partial charge in [-0.3, -0.25) is 14.5 Å². The van der Waals surface area contributed by atoms with Crippen LogP contribution >= 0.6 is 15.9 Å². The van der Waals surface area contributed by atoms with E-state index in [0.717, 1.165) is 49.6 Å². The second-order valence-corrected chi connectivity index (χ2v) is 8.04. The van der Waals surface area contributed by atoms with Gasteiger partial charge in [0.05, 0.1) is 11.1 Å². The van der Waals surface area contributed by atoms with Crippen molar-refractivity contribution < 1.29 is 9.59 Å². The fourth-order valence-corrected chi connectivity index (χ4v) is 4.94. The van der Waals surface area contributed by atoms with Crippen molar-refractivity contribution in [1.29, 1.82) is 0 Å². The minimum atomic E-state index is -0.185. The Morgan fingerprint density at radius 3 is 2.14 bits per heavy atom. The molecule has 28 heavy (non-hydrogen) atoms. The smallest absolute Gasteiger partial charge is 0.262 e. The number of unbranched alkanes of at least 4 members (excludes halogenated alkanes) is 1. The molecule has 0 bridgehead atoms. The fourth-order valence-electron chi connectivity index (χ4n) is 4.28. The summed E-state index contributed by atoms with van der Waals surface area (Å²) in [6.07, 6.45) is 1.73. The van der Waals surface area contributed by atoms with Crippen LogP contribution in [-0.4, -0.2) is 23.3 Å². The molecule has 0 unspecified atom stereocenters. The molecule has 0 aliphatic carbocycles. The van der Waals surface area contributed by atoms with Gasteiger partial charge in [0.2, 0.25) is 0 Å². The third kappa shape index (κ3) is 2.27. The van der Waals surface area contributed by atoms with E-state index in [9.17, 15) is 9.59 Å². The summed E-state index contributed by atoms with van der Waals surface area (Å²) in [7, 11) is 0. The minimum Gasteiger partial charge on any atom is -0.274 e. The van der Waals surface area contributed by atoms with Crippen molar-refractivity contribution in [3.63, 3.8) is 0 Å². The maximum absolute atomic E-state index is 13.5. The molecule has 1 aliphatic heterocycles. The normalized spacial score (nSPS) is 13.9. The largest absolute Gasteiger partial charge is 0.274 e. The van der Waals surface area contributed by atoms with Crippen LogP contribution in [0.2, 0.25) is 0 Å². The molecule has 4 heteroatoms. The first-order valence-electron chi connectivity index (χ1n) is 9.55. The molecular weight excluding hydrogens is 414 g/mol. The zero-order valence-electron chi connectivity index (χ0n) is 15.5. The first-order valence-corrected chi connectivity index (χ1v) is 10.3. The van der Waals surface area contributed by atoms with E-state index in [-0.39, 0.29) is 11.8 Å². The highest BCUT2D eigenvalue weighted by molar-refractivity contribution is 9.10. The average Bonchev–Trinajstić information content (AvgIpc) is 2.72. The number of hydrogen-bond acceptors (Lipinski definition) is 2. The van der Waals surface area contributed by atoms with Crippen LogP contribution in [0.25, 0.3) is 32.3 Å². The number of hydrogen-bond donors (Lipinski definition) is 0. The van der Waals surface area contributed by atoms with E-state index in [0.29, 0.717) is 17.7 Å². The van der Waals surface area contributed by atoms with E-state index in [1.807, 2.05) is 48.5 Å². The van der Waals surface area contributed by atoms with Crippen LogP contribution in [0.5, 0.6) is 0 Å². The Morgan fingerprint density at radius 2 is 1.43 bits per heavy atom. The molecule has 0 spiro atoms. The monoisotopic (exact) mass is 431 g/mol. The molecule has 0 radical (unpaired) electrons. The summed E-state index contributed by atoms with van der Waals surface area (Å²) in [5.41, 5.74) is 1.29. The number of fused-ring (bicyclic) bond motifs is 4. The minimum absolute atomic E-state index is 0.185. The number of carbonyl (C=O) groups is 2. The molecule has 0 saturated heterocycles. The van der Waals surface area contributed by atoms with Gasteiger partial charge in [-0.25, -0.2) is 0 Å². The van der Waals surface area contributed by atoms with E-state index in [4.69, 9.17) is 0 Å². The molecule has 1 heterocycles. The number of amides is 2. The van der Waals surface area contributed by atoms with Crippen LogP contribution in [0.15, 0.2) is 59.1 Å². The molecule has 0 N–H and O–H groups in total. The SMILES string of the molecule is CCCCN1C(=O)c2c3ccccc3cc3c(Br)c4ccccc4c(c23)C1=O. The van der Waals surface area contributed by atoms with Crippen molar-refractivity contribution in [2.24, 2.45) is 0 Å². The predicted octanol–water partition coefficient (Wildman–Crippen LogP) is 6.30. The van der Waals surface area contributed by atoms with E-state index in [1.54, 1.807) is 0 Å². The average molecular weight is 432 g/mol. The first kappa shape index (κ1) is 17.4. The van der Waals surface area contributed by atoms with Crippen LogP contribution < -0.4 is 0 Å². The number of carbonyl (C=O) groups excluding carboxylic acids is 2. The summed E-state index contributed by atoms with van der Waals surface area (Å²) < 4.78 is 0.927. The molecule has 0 saturated carbocycles. The summed E-state index contributed by atoms with van der Waals surface area (Å²) in [6, 6.07) is 17.9.